The number of ketones is 1. The Morgan fingerprint density at radius 2 is 1.48 bits per heavy atom. The Hall–Kier alpha value is -2.78. The number of carbonyl (C=O) groups is 1. The molecule has 0 aliphatic heterocycles. The van der Waals surface area contributed by atoms with Crippen molar-refractivity contribution in [1.29, 1.82) is 0 Å². The number of rotatable bonds is 2. The summed E-state index contributed by atoms with van der Waals surface area (Å²) in [4.78, 5) is 13.0. The molecule has 3 aromatic carbocycles. The van der Waals surface area contributed by atoms with E-state index in [9.17, 15) is 4.79 Å². The van der Waals surface area contributed by atoms with Gasteiger partial charge in [-0.15, -0.1) is 0 Å². The fraction of sp³-hybridized carbons (Fsp3) is 0. The van der Waals surface area contributed by atoms with Crippen LogP contribution in [0, 0.1) is 4.71 Å². The van der Waals surface area contributed by atoms with Crippen molar-refractivity contribution in [2.75, 3.05) is 0 Å². The van der Waals surface area contributed by atoms with Crippen LogP contribution in [0.4, 0.5) is 0 Å². The molecule has 110 valence electrons. The molecule has 1 heterocycles. The van der Waals surface area contributed by atoms with Gasteiger partial charge in [0.05, 0.1) is 5.56 Å². The minimum atomic E-state index is -0.110. The number of benzene rings is 3. The lowest BCUT2D eigenvalue weighted by molar-refractivity contribution is 0.103. The molecule has 0 amide bonds. The molecular formula is C20H12O2S. The molecule has 4 rings (SSSR count). The van der Waals surface area contributed by atoms with E-state index in [1.54, 1.807) is 0 Å². The minimum absolute atomic E-state index is 0.110. The Morgan fingerprint density at radius 1 is 0.783 bits per heavy atom. The maximum Gasteiger partial charge on any atom is 0.202 e. The highest BCUT2D eigenvalue weighted by molar-refractivity contribution is 7.71. The first-order valence-electron chi connectivity index (χ1n) is 7.29. The van der Waals surface area contributed by atoms with Gasteiger partial charge in [-0.1, -0.05) is 60.7 Å². The summed E-state index contributed by atoms with van der Waals surface area (Å²) in [7, 11) is 0. The maximum atomic E-state index is 13.0. The number of hydrogen-bond donors (Lipinski definition) is 0. The predicted molar refractivity (Wildman–Crippen MR) is 94.4 cm³/mol. The molecule has 0 N–H and O–H groups in total. The van der Waals surface area contributed by atoms with E-state index in [0.29, 0.717) is 16.7 Å². The molecule has 0 aliphatic carbocycles. The fourth-order valence-electron chi connectivity index (χ4n) is 2.79. The van der Waals surface area contributed by atoms with E-state index in [4.69, 9.17) is 16.6 Å². The normalized spacial score (nSPS) is 11.0. The van der Waals surface area contributed by atoms with Crippen LogP contribution in [-0.2, 0) is 0 Å². The van der Waals surface area contributed by atoms with Gasteiger partial charge in [-0.3, -0.25) is 4.79 Å². The van der Waals surface area contributed by atoms with Gasteiger partial charge in [-0.2, -0.15) is 0 Å². The third-order valence-electron chi connectivity index (χ3n) is 3.92. The molecule has 4 aromatic rings. The number of fused-ring (bicyclic) bond motifs is 2. The van der Waals surface area contributed by atoms with E-state index in [1.165, 1.54) is 0 Å². The quantitative estimate of drug-likeness (QED) is 0.359. The second-order valence-electron chi connectivity index (χ2n) is 5.34. The summed E-state index contributed by atoms with van der Waals surface area (Å²) in [5.41, 5.74) is 1.75. The molecule has 3 heteroatoms. The van der Waals surface area contributed by atoms with Crippen molar-refractivity contribution in [2.24, 2.45) is 0 Å². The highest BCUT2D eigenvalue weighted by atomic mass is 32.1. The van der Waals surface area contributed by atoms with Gasteiger partial charge in [-0.05, 0) is 35.1 Å². The summed E-state index contributed by atoms with van der Waals surface area (Å²) in [6, 6.07) is 22.9. The van der Waals surface area contributed by atoms with Crippen molar-refractivity contribution in [2.45, 2.75) is 0 Å². The van der Waals surface area contributed by atoms with Gasteiger partial charge >= 0.3 is 0 Å². The molecule has 0 unspecified atom stereocenters. The van der Waals surface area contributed by atoms with Crippen LogP contribution >= 0.6 is 12.2 Å². The molecular weight excluding hydrogens is 304 g/mol. The molecule has 0 fully saturated rings. The summed E-state index contributed by atoms with van der Waals surface area (Å²) in [6.07, 6.45) is 0. The highest BCUT2D eigenvalue weighted by Crippen LogP contribution is 2.24. The lowest BCUT2D eigenvalue weighted by atomic mass is 9.98. The van der Waals surface area contributed by atoms with Crippen molar-refractivity contribution in [3.05, 3.63) is 88.6 Å². The Kier molecular flexibility index (Phi) is 3.28. The Bertz CT molecular complexity index is 1100. The number of para-hydroxylation sites is 1. The average Bonchev–Trinajstić information content (AvgIpc) is 2.60. The van der Waals surface area contributed by atoms with E-state index < -0.39 is 0 Å². The lowest BCUT2D eigenvalue weighted by Gasteiger charge is -2.07. The summed E-state index contributed by atoms with van der Waals surface area (Å²) in [6.45, 7) is 0. The topological polar surface area (TPSA) is 30.2 Å². The summed E-state index contributed by atoms with van der Waals surface area (Å²) in [5, 5.41) is 2.81. The van der Waals surface area contributed by atoms with Crippen LogP contribution in [0.1, 0.15) is 15.9 Å². The van der Waals surface area contributed by atoms with Gasteiger partial charge in [0, 0.05) is 10.9 Å². The molecule has 23 heavy (non-hydrogen) atoms. The van der Waals surface area contributed by atoms with Crippen molar-refractivity contribution in [3.8, 4) is 0 Å². The summed E-state index contributed by atoms with van der Waals surface area (Å²) >= 11 is 5.29. The third-order valence-corrected chi connectivity index (χ3v) is 4.22. The van der Waals surface area contributed by atoms with Gasteiger partial charge < -0.3 is 4.42 Å². The van der Waals surface area contributed by atoms with E-state index in [-0.39, 0.29) is 10.5 Å². The maximum absolute atomic E-state index is 13.0. The van der Waals surface area contributed by atoms with E-state index >= 15 is 0 Å². The smallest absolute Gasteiger partial charge is 0.202 e. The second-order valence-corrected chi connectivity index (χ2v) is 5.71. The molecule has 2 nitrogen and oxygen atoms in total. The van der Waals surface area contributed by atoms with Crippen LogP contribution in [0.15, 0.2) is 77.2 Å². The number of carbonyl (C=O) groups excluding carboxylic acids is 1. The van der Waals surface area contributed by atoms with Crippen LogP contribution in [0.5, 0.6) is 0 Å². The molecule has 0 spiro atoms. The van der Waals surface area contributed by atoms with E-state index in [2.05, 4.69) is 0 Å². The van der Waals surface area contributed by atoms with Crippen LogP contribution in [0.2, 0.25) is 0 Å². The van der Waals surface area contributed by atoms with Crippen molar-refractivity contribution >= 4 is 39.7 Å². The molecule has 0 atom stereocenters. The van der Waals surface area contributed by atoms with Gasteiger partial charge in [-0.25, -0.2) is 0 Å². The third kappa shape index (κ3) is 2.35. The van der Waals surface area contributed by atoms with Crippen molar-refractivity contribution < 1.29 is 9.21 Å². The molecule has 1 aromatic heterocycles. The molecule has 0 aliphatic rings. The zero-order valence-electron chi connectivity index (χ0n) is 12.2. The minimum Gasteiger partial charge on any atom is -0.444 e. The van der Waals surface area contributed by atoms with E-state index in [0.717, 1.165) is 16.2 Å². The monoisotopic (exact) mass is 316 g/mol. The van der Waals surface area contributed by atoms with Crippen LogP contribution in [-0.4, -0.2) is 5.78 Å². The van der Waals surface area contributed by atoms with E-state index in [1.807, 2.05) is 72.8 Å². The molecule has 0 bridgehead atoms. The molecule has 0 saturated carbocycles. The zero-order chi connectivity index (χ0) is 15.8. The SMILES string of the molecule is O=C(c1cc2ccccc2oc1=S)c1cccc2ccccc12. The zero-order valence-corrected chi connectivity index (χ0v) is 13.0. The van der Waals surface area contributed by atoms with Crippen LogP contribution < -0.4 is 0 Å². The van der Waals surface area contributed by atoms with Crippen molar-refractivity contribution in [1.82, 2.24) is 0 Å². The first kappa shape index (κ1) is 13.9. The Balaban J connectivity index is 1.95. The van der Waals surface area contributed by atoms with Gasteiger partial charge in [0.2, 0.25) is 4.71 Å². The standard InChI is InChI=1S/C20H12O2S/c21-19(16-10-5-8-13-6-1-3-9-15(13)16)17-12-14-7-2-4-11-18(14)22-20(17)23/h1-12H. The fourth-order valence-corrected chi connectivity index (χ4v) is 3.03. The Labute approximate surface area is 138 Å². The van der Waals surface area contributed by atoms with Gasteiger partial charge in [0.1, 0.15) is 5.58 Å². The highest BCUT2D eigenvalue weighted by Gasteiger charge is 2.15. The van der Waals surface area contributed by atoms with Crippen LogP contribution in [0.3, 0.4) is 0 Å². The first-order chi connectivity index (χ1) is 11.2. The summed E-state index contributed by atoms with van der Waals surface area (Å²) < 4.78 is 5.87. The average molecular weight is 316 g/mol. The predicted octanol–water partition coefficient (Wildman–Crippen LogP) is 5.55. The van der Waals surface area contributed by atoms with Crippen molar-refractivity contribution in [3.63, 3.8) is 0 Å². The second kappa shape index (κ2) is 5.45. The molecule has 0 saturated heterocycles. The first-order valence-corrected chi connectivity index (χ1v) is 7.70. The van der Waals surface area contributed by atoms with Gasteiger partial charge in [0.25, 0.3) is 0 Å². The molecule has 0 radical (unpaired) electrons. The Morgan fingerprint density at radius 3 is 2.35 bits per heavy atom. The largest absolute Gasteiger partial charge is 0.444 e. The van der Waals surface area contributed by atoms with Gasteiger partial charge in [0.15, 0.2) is 5.78 Å². The van der Waals surface area contributed by atoms with Crippen LogP contribution in [0.25, 0.3) is 21.7 Å². The summed E-state index contributed by atoms with van der Waals surface area (Å²) in [5.74, 6) is -0.110. The lowest BCUT2D eigenvalue weighted by Crippen LogP contribution is -2.03. The number of hydrogen-bond acceptors (Lipinski definition) is 3.